The summed E-state index contributed by atoms with van der Waals surface area (Å²) in [6.45, 7) is 0. The number of hydrogen-bond donors (Lipinski definition) is 2. The second-order valence-corrected chi connectivity index (χ2v) is 5.89. The number of hydrogen-bond acceptors (Lipinski definition) is 2. The molecular weight excluding hydrogens is 232 g/mol. The van der Waals surface area contributed by atoms with Crippen LogP contribution in [0.5, 0.6) is 0 Å². The Bertz CT molecular complexity index is 370. The molecule has 0 aliphatic heterocycles. The van der Waals surface area contributed by atoms with E-state index in [1.54, 1.807) is 12.1 Å². The molecule has 1 unspecified atom stereocenters. The quantitative estimate of drug-likeness (QED) is 0.642. The van der Waals surface area contributed by atoms with Crippen molar-refractivity contribution < 1.29 is 4.21 Å². The number of nitrogens with one attached hydrogen (secondary N) is 1. The molecule has 1 fully saturated rings. The molecule has 0 spiro atoms. The zero-order valence-corrected chi connectivity index (χ0v) is 10.8. The number of rotatable bonds is 3. The van der Waals surface area contributed by atoms with E-state index in [1.165, 1.54) is 25.7 Å². The molecule has 0 radical (unpaired) electrons. The van der Waals surface area contributed by atoms with E-state index in [0.717, 1.165) is 17.7 Å². The van der Waals surface area contributed by atoms with Crippen LogP contribution in [0.25, 0.3) is 0 Å². The Morgan fingerprint density at radius 1 is 1.06 bits per heavy atom. The lowest BCUT2D eigenvalue weighted by molar-refractivity contribution is 0.537. The zero-order chi connectivity index (χ0) is 12.1. The summed E-state index contributed by atoms with van der Waals surface area (Å²) in [5.74, 6) is 0. The van der Waals surface area contributed by atoms with Crippen molar-refractivity contribution in [1.29, 1.82) is 0 Å². The summed E-state index contributed by atoms with van der Waals surface area (Å²) >= 11 is 0. The van der Waals surface area contributed by atoms with Crippen LogP contribution in [0.2, 0.25) is 0 Å². The van der Waals surface area contributed by atoms with Crippen molar-refractivity contribution in [2.24, 2.45) is 0 Å². The third-order valence-corrected chi connectivity index (χ3v) is 4.47. The SMILES string of the molecule is Nc1ccc(S(=O)NC2CCCCCC2)cc1. The van der Waals surface area contributed by atoms with Crippen molar-refractivity contribution in [3.63, 3.8) is 0 Å². The highest BCUT2D eigenvalue weighted by Gasteiger charge is 2.15. The first kappa shape index (κ1) is 12.6. The summed E-state index contributed by atoms with van der Waals surface area (Å²) in [5, 5.41) is 0. The number of anilines is 1. The lowest BCUT2D eigenvalue weighted by atomic mass is 10.1. The van der Waals surface area contributed by atoms with Crippen molar-refractivity contribution in [2.45, 2.75) is 49.5 Å². The van der Waals surface area contributed by atoms with E-state index in [1.807, 2.05) is 12.1 Å². The van der Waals surface area contributed by atoms with Crippen molar-refractivity contribution in [3.05, 3.63) is 24.3 Å². The molecule has 2 rings (SSSR count). The Hall–Kier alpha value is -0.870. The largest absolute Gasteiger partial charge is 0.399 e. The fourth-order valence-electron chi connectivity index (χ4n) is 2.21. The molecule has 0 bridgehead atoms. The molecule has 0 aromatic heterocycles. The molecule has 94 valence electrons. The lowest BCUT2D eigenvalue weighted by Gasteiger charge is -2.15. The van der Waals surface area contributed by atoms with Gasteiger partial charge in [-0.3, -0.25) is 0 Å². The molecule has 17 heavy (non-hydrogen) atoms. The second kappa shape index (κ2) is 6.17. The molecule has 0 saturated heterocycles. The van der Waals surface area contributed by atoms with Crippen molar-refractivity contribution in [1.82, 2.24) is 4.72 Å². The highest BCUT2D eigenvalue weighted by atomic mass is 32.2. The third-order valence-electron chi connectivity index (χ3n) is 3.22. The minimum absolute atomic E-state index is 0.399. The monoisotopic (exact) mass is 252 g/mol. The van der Waals surface area contributed by atoms with Gasteiger partial charge in [-0.2, -0.15) is 0 Å². The first-order valence-corrected chi connectivity index (χ1v) is 7.44. The van der Waals surface area contributed by atoms with Crippen LogP contribution >= 0.6 is 0 Å². The maximum absolute atomic E-state index is 12.1. The van der Waals surface area contributed by atoms with E-state index in [9.17, 15) is 4.21 Å². The molecule has 1 saturated carbocycles. The van der Waals surface area contributed by atoms with E-state index in [0.29, 0.717) is 11.7 Å². The van der Waals surface area contributed by atoms with Crippen LogP contribution in [0, 0.1) is 0 Å². The topological polar surface area (TPSA) is 55.1 Å². The smallest absolute Gasteiger partial charge is 0.125 e. The van der Waals surface area contributed by atoms with Gasteiger partial charge < -0.3 is 5.73 Å². The van der Waals surface area contributed by atoms with Crippen molar-refractivity contribution in [2.75, 3.05) is 5.73 Å². The fourth-order valence-corrected chi connectivity index (χ4v) is 3.27. The van der Waals surface area contributed by atoms with Crippen LogP contribution in [0.4, 0.5) is 5.69 Å². The molecule has 0 heterocycles. The van der Waals surface area contributed by atoms with E-state index in [4.69, 9.17) is 5.73 Å². The van der Waals surface area contributed by atoms with Crippen LogP contribution in [0.3, 0.4) is 0 Å². The Kier molecular flexibility index (Phi) is 4.57. The number of nitrogens with two attached hydrogens (primary N) is 1. The molecule has 1 aliphatic carbocycles. The van der Waals surface area contributed by atoms with Gasteiger partial charge in [0.15, 0.2) is 0 Å². The van der Waals surface area contributed by atoms with Crippen molar-refractivity contribution >= 4 is 16.7 Å². The Morgan fingerprint density at radius 2 is 1.65 bits per heavy atom. The van der Waals surface area contributed by atoms with E-state index in [-0.39, 0.29) is 0 Å². The van der Waals surface area contributed by atoms with Crippen molar-refractivity contribution in [3.8, 4) is 0 Å². The van der Waals surface area contributed by atoms with Crippen LogP contribution in [-0.2, 0) is 11.0 Å². The Balaban J connectivity index is 1.93. The summed E-state index contributed by atoms with van der Waals surface area (Å²) in [7, 11) is -1.10. The molecule has 0 amide bonds. The standard InChI is InChI=1S/C13H20N2OS/c14-11-7-9-13(10-8-11)17(16)15-12-5-3-1-2-4-6-12/h7-10,12,15H,1-6,14H2. The van der Waals surface area contributed by atoms with Gasteiger partial charge in [0.25, 0.3) is 0 Å². The molecular formula is C13H20N2OS. The second-order valence-electron chi connectivity index (χ2n) is 4.64. The van der Waals surface area contributed by atoms with Crippen LogP contribution < -0.4 is 10.5 Å². The first-order valence-electron chi connectivity index (χ1n) is 6.29. The molecule has 1 aliphatic rings. The molecule has 4 heteroatoms. The van der Waals surface area contributed by atoms with Crippen LogP contribution in [0.15, 0.2) is 29.2 Å². The van der Waals surface area contributed by atoms with E-state index in [2.05, 4.69) is 4.72 Å². The predicted octanol–water partition coefficient (Wildman–Crippen LogP) is 2.60. The maximum atomic E-state index is 12.1. The molecule has 1 aromatic rings. The maximum Gasteiger partial charge on any atom is 0.125 e. The van der Waals surface area contributed by atoms with Gasteiger partial charge in [0.1, 0.15) is 11.0 Å². The minimum atomic E-state index is -1.10. The van der Waals surface area contributed by atoms with Crippen LogP contribution in [0.1, 0.15) is 38.5 Å². The fraction of sp³-hybridized carbons (Fsp3) is 0.538. The van der Waals surface area contributed by atoms with E-state index < -0.39 is 11.0 Å². The number of nitrogen functional groups attached to an aromatic ring is 1. The zero-order valence-electron chi connectivity index (χ0n) is 10.0. The minimum Gasteiger partial charge on any atom is -0.399 e. The summed E-state index contributed by atoms with van der Waals surface area (Å²) < 4.78 is 15.3. The van der Waals surface area contributed by atoms with Gasteiger partial charge in [0.05, 0.1) is 4.90 Å². The van der Waals surface area contributed by atoms with Gasteiger partial charge in [-0.1, -0.05) is 25.7 Å². The Labute approximate surface area is 105 Å². The summed E-state index contributed by atoms with van der Waals surface area (Å²) in [4.78, 5) is 0.809. The van der Waals surface area contributed by atoms with Gasteiger partial charge >= 0.3 is 0 Å². The summed E-state index contributed by atoms with van der Waals surface area (Å²) in [6.07, 6.45) is 7.40. The highest BCUT2D eigenvalue weighted by Crippen LogP contribution is 2.18. The van der Waals surface area contributed by atoms with Gasteiger partial charge in [0.2, 0.25) is 0 Å². The Morgan fingerprint density at radius 3 is 2.24 bits per heavy atom. The first-order chi connectivity index (χ1) is 8.25. The van der Waals surface area contributed by atoms with Gasteiger partial charge in [-0.15, -0.1) is 0 Å². The number of benzene rings is 1. The lowest BCUT2D eigenvalue weighted by Crippen LogP contribution is -2.30. The molecule has 3 N–H and O–H groups in total. The normalized spacial score (nSPS) is 19.8. The van der Waals surface area contributed by atoms with Gasteiger partial charge in [-0.25, -0.2) is 8.93 Å². The van der Waals surface area contributed by atoms with Crippen LogP contribution in [-0.4, -0.2) is 10.3 Å². The van der Waals surface area contributed by atoms with Gasteiger partial charge in [0, 0.05) is 11.7 Å². The third kappa shape index (κ3) is 3.82. The average molecular weight is 252 g/mol. The molecule has 3 nitrogen and oxygen atoms in total. The summed E-state index contributed by atoms with van der Waals surface area (Å²) in [6, 6.07) is 7.64. The average Bonchev–Trinajstić information content (AvgIpc) is 2.58. The molecule has 1 atom stereocenters. The van der Waals surface area contributed by atoms with E-state index >= 15 is 0 Å². The molecule has 1 aromatic carbocycles. The summed E-state index contributed by atoms with van der Waals surface area (Å²) in [5.41, 5.74) is 6.32. The highest BCUT2D eigenvalue weighted by molar-refractivity contribution is 7.83. The van der Waals surface area contributed by atoms with Gasteiger partial charge in [-0.05, 0) is 37.1 Å². The predicted molar refractivity (Wildman–Crippen MR) is 71.9 cm³/mol.